The van der Waals surface area contributed by atoms with Gasteiger partial charge in [-0.25, -0.2) is 9.78 Å². The van der Waals surface area contributed by atoms with Crippen LogP contribution in [0.25, 0.3) is 11.3 Å². The number of halogens is 1. The van der Waals surface area contributed by atoms with Crippen LogP contribution in [0.2, 0.25) is 5.02 Å². The molecular formula is C23H24ClN3O4. The first-order chi connectivity index (χ1) is 15.0. The number of hydrogen-bond acceptors (Lipinski definition) is 6. The van der Waals surface area contributed by atoms with Gasteiger partial charge in [-0.3, -0.25) is 4.98 Å². The number of carbonyl (C=O) groups is 1. The minimum absolute atomic E-state index is 0.368. The molecule has 31 heavy (non-hydrogen) atoms. The molecule has 2 aromatic carbocycles. The Morgan fingerprint density at radius 1 is 1.16 bits per heavy atom. The van der Waals surface area contributed by atoms with Crippen molar-refractivity contribution in [3.63, 3.8) is 0 Å². The molecule has 0 amide bonds. The fourth-order valence-electron chi connectivity index (χ4n) is 3.08. The van der Waals surface area contributed by atoms with E-state index in [1.54, 1.807) is 25.6 Å². The topological polar surface area (TPSA) is 84.8 Å². The van der Waals surface area contributed by atoms with Crippen LogP contribution in [0.3, 0.4) is 0 Å². The second-order valence-electron chi connectivity index (χ2n) is 6.97. The molecule has 0 saturated heterocycles. The van der Waals surface area contributed by atoms with Crippen LogP contribution in [0.5, 0.6) is 5.75 Å². The number of anilines is 1. The summed E-state index contributed by atoms with van der Waals surface area (Å²) in [5.74, 6) is 0.279. The van der Waals surface area contributed by atoms with E-state index in [0.29, 0.717) is 30.5 Å². The largest absolute Gasteiger partial charge is 0.482 e. The van der Waals surface area contributed by atoms with Crippen LogP contribution in [0.1, 0.15) is 11.1 Å². The van der Waals surface area contributed by atoms with E-state index >= 15 is 0 Å². The van der Waals surface area contributed by atoms with Crippen LogP contribution in [0.15, 0.2) is 54.9 Å². The van der Waals surface area contributed by atoms with E-state index in [1.165, 1.54) is 0 Å². The van der Waals surface area contributed by atoms with Crippen molar-refractivity contribution < 1.29 is 19.4 Å². The molecule has 0 fully saturated rings. The van der Waals surface area contributed by atoms with Gasteiger partial charge in [0, 0.05) is 30.8 Å². The summed E-state index contributed by atoms with van der Waals surface area (Å²) in [5.41, 5.74) is 3.59. The number of methoxy groups -OCH3 is 1. The number of aliphatic carboxylic acids is 1. The van der Waals surface area contributed by atoms with Crippen molar-refractivity contribution in [3.8, 4) is 17.0 Å². The molecule has 3 rings (SSSR count). The highest BCUT2D eigenvalue weighted by molar-refractivity contribution is 6.30. The number of ether oxygens (including phenoxy) is 2. The van der Waals surface area contributed by atoms with E-state index in [-0.39, 0.29) is 6.61 Å². The molecule has 0 aliphatic heterocycles. The average molecular weight is 442 g/mol. The fourth-order valence-corrected chi connectivity index (χ4v) is 3.20. The number of carboxylic acid groups (broad SMARTS) is 1. The van der Waals surface area contributed by atoms with Gasteiger partial charge in [0.15, 0.2) is 6.61 Å². The van der Waals surface area contributed by atoms with Crippen molar-refractivity contribution in [2.24, 2.45) is 0 Å². The lowest BCUT2D eigenvalue weighted by molar-refractivity contribution is -0.139. The Morgan fingerprint density at radius 3 is 2.61 bits per heavy atom. The molecular weight excluding hydrogens is 418 g/mol. The van der Waals surface area contributed by atoms with Crippen molar-refractivity contribution in [3.05, 3.63) is 71.0 Å². The van der Waals surface area contributed by atoms with Crippen molar-refractivity contribution in [1.82, 2.24) is 9.97 Å². The van der Waals surface area contributed by atoms with E-state index in [4.69, 9.17) is 31.2 Å². The molecule has 0 spiro atoms. The van der Waals surface area contributed by atoms with E-state index in [0.717, 1.165) is 28.2 Å². The zero-order valence-corrected chi connectivity index (χ0v) is 18.2. The van der Waals surface area contributed by atoms with Gasteiger partial charge in [-0.05, 0) is 36.2 Å². The van der Waals surface area contributed by atoms with Gasteiger partial charge in [0.2, 0.25) is 0 Å². The van der Waals surface area contributed by atoms with Crippen molar-refractivity contribution in [2.75, 3.05) is 31.8 Å². The van der Waals surface area contributed by atoms with Gasteiger partial charge in [0.05, 0.1) is 24.7 Å². The fraction of sp³-hybridized carbons (Fsp3) is 0.261. The maximum absolute atomic E-state index is 10.7. The Morgan fingerprint density at radius 2 is 1.94 bits per heavy atom. The molecule has 1 N–H and O–H groups in total. The monoisotopic (exact) mass is 441 g/mol. The molecule has 0 unspecified atom stereocenters. The Bertz CT molecular complexity index is 1030. The first-order valence-corrected chi connectivity index (χ1v) is 10.1. The smallest absolute Gasteiger partial charge is 0.341 e. The molecule has 0 bridgehead atoms. The zero-order valence-electron chi connectivity index (χ0n) is 17.4. The maximum atomic E-state index is 10.7. The predicted octanol–water partition coefficient (Wildman–Crippen LogP) is 4.22. The third-order valence-corrected chi connectivity index (χ3v) is 4.87. The number of rotatable bonds is 10. The summed E-state index contributed by atoms with van der Waals surface area (Å²) < 4.78 is 10.6. The Kier molecular flexibility index (Phi) is 7.81. The first-order valence-electron chi connectivity index (χ1n) is 9.72. The van der Waals surface area contributed by atoms with Gasteiger partial charge < -0.3 is 19.5 Å². The molecule has 0 atom stereocenters. The van der Waals surface area contributed by atoms with Gasteiger partial charge in [-0.1, -0.05) is 35.9 Å². The minimum atomic E-state index is -1.01. The van der Waals surface area contributed by atoms with Gasteiger partial charge in [-0.2, -0.15) is 0 Å². The van der Waals surface area contributed by atoms with Crippen LogP contribution in [-0.2, 0) is 16.1 Å². The second-order valence-corrected chi connectivity index (χ2v) is 7.40. The third kappa shape index (κ3) is 6.41. The summed E-state index contributed by atoms with van der Waals surface area (Å²) in [4.78, 5) is 22.0. The molecule has 3 aromatic rings. The lowest BCUT2D eigenvalue weighted by atomic mass is 10.1. The Hall–Kier alpha value is -3.16. The number of nitrogens with zero attached hydrogens (tertiary/aromatic N) is 3. The van der Waals surface area contributed by atoms with E-state index in [2.05, 4.69) is 9.88 Å². The molecule has 162 valence electrons. The van der Waals surface area contributed by atoms with Crippen LogP contribution in [-0.4, -0.2) is 47.9 Å². The van der Waals surface area contributed by atoms with Crippen molar-refractivity contribution in [2.45, 2.75) is 13.5 Å². The second kappa shape index (κ2) is 10.7. The third-order valence-electron chi connectivity index (χ3n) is 4.62. The molecule has 8 heteroatoms. The number of benzene rings is 2. The van der Waals surface area contributed by atoms with Crippen molar-refractivity contribution in [1.29, 1.82) is 0 Å². The standard InChI is InChI=1S/C23H24ClN3O4/c1-16-11-17(3-8-21(16)31-15-23(28)29)14-27(9-10-30-2)22-13-25-12-20(26-22)18-4-6-19(24)7-5-18/h3-8,11-13H,9-10,14-15H2,1-2H3,(H,28,29). The summed E-state index contributed by atoms with van der Waals surface area (Å²) in [5, 5.41) is 9.47. The molecule has 0 aliphatic carbocycles. The highest BCUT2D eigenvalue weighted by Crippen LogP contribution is 2.24. The van der Waals surface area contributed by atoms with Crippen LogP contribution in [0, 0.1) is 6.92 Å². The summed E-state index contributed by atoms with van der Waals surface area (Å²) in [6.45, 7) is 3.27. The lowest BCUT2D eigenvalue weighted by Crippen LogP contribution is -2.28. The number of aromatic nitrogens is 2. The SMILES string of the molecule is COCCN(Cc1ccc(OCC(=O)O)c(C)c1)c1cncc(-c2ccc(Cl)cc2)n1. The Balaban J connectivity index is 1.82. The zero-order chi connectivity index (χ0) is 22.2. The molecule has 1 aromatic heterocycles. The van der Waals surface area contributed by atoms with E-state index in [1.807, 2.05) is 43.3 Å². The van der Waals surface area contributed by atoms with Crippen molar-refractivity contribution >= 4 is 23.4 Å². The van der Waals surface area contributed by atoms with E-state index in [9.17, 15) is 4.79 Å². The first kappa shape index (κ1) is 22.5. The predicted molar refractivity (Wildman–Crippen MR) is 120 cm³/mol. The van der Waals surface area contributed by atoms with Crippen LogP contribution < -0.4 is 9.64 Å². The van der Waals surface area contributed by atoms with Gasteiger partial charge in [0.25, 0.3) is 0 Å². The highest BCUT2D eigenvalue weighted by Gasteiger charge is 2.13. The summed E-state index contributed by atoms with van der Waals surface area (Å²) >= 11 is 5.99. The number of aryl methyl sites for hydroxylation is 1. The Labute approximate surface area is 186 Å². The summed E-state index contributed by atoms with van der Waals surface area (Å²) in [6.07, 6.45) is 3.45. The van der Waals surface area contributed by atoms with Crippen LogP contribution in [0.4, 0.5) is 5.82 Å². The van der Waals surface area contributed by atoms with Gasteiger partial charge in [-0.15, -0.1) is 0 Å². The molecule has 0 saturated carbocycles. The quantitative estimate of drug-likeness (QED) is 0.504. The van der Waals surface area contributed by atoms with Gasteiger partial charge >= 0.3 is 5.97 Å². The lowest BCUT2D eigenvalue weighted by Gasteiger charge is -2.24. The number of hydrogen-bond donors (Lipinski definition) is 1. The minimum Gasteiger partial charge on any atom is -0.482 e. The normalized spacial score (nSPS) is 10.7. The number of carboxylic acids is 1. The highest BCUT2D eigenvalue weighted by atomic mass is 35.5. The summed E-state index contributed by atoms with van der Waals surface area (Å²) in [7, 11) is 1.66. The molecule has 0 radical (unpaired) electrons. The molecule has 7 nitrogen and oxygen atoms in total. The summed E-state index contributed by atoms with van der Waals surface area (Å²) in [6, 6.07) is 13.2. The van der Waals surface area contributed by atoms with Crippen LogP contribution >= 0.6 is 11.6 Å². The maximum Gasteiger partial charge on any atom is 0.341 e. The van der Waals surface area contributed by atoms with E-state index < -0.39 is 5.97 Å². The molecule has 0 aliphatic rings. The van der Waals surface area contributed by atoms with Gasteiger partial charge in [0.1, 0.15) is 11.6 Å². The molecule has 1 heterocycles. The average Bonchev–Trinajstić information content (AvgIpc) is 2.76.